The molecule has 1 aromatic rings. The molecule has 1 atom stereocenters. The Hall–Kier alpha value is -1.62. The van der Waals surface area contributed by atoms with Crippen LogP contribution in [-0.4, -0.2) is 28.4 Å². The van der Waals surface area contributed by atoms with Crippen molar-refractivity contribution in [3.05, 3.63) is 29.6 Å². The average molecular weight is 282 g/mol. The van der Waals surface area contributed by atoms with Gasteiger partial charge < -0.3 is 14.6 Å². The van der Waals surface area contributed by atoms with Gasteiger partial charge in [-0.05, 0) is 39.8 Å². The van der Waals surface area contributed by atoms with Crippen LogP contribution in [0.5, 0.6) is 5.75 Å². The molecule has 2 rings (SSSR count). The van der Waals surface area contributed by atoms with Crippen molar-refractivity contribution in [1.82, 2.24) is 0 Å². The van der Waals surface area contributed by atoms with E-state index >= 15 is 0 Å². The van der Waals surface area contributed by atoms with E-state index in [1.54, 1.807) is 0 Å². The highest BCUT2D eigenvalue weighted by Gasteiger charge is 2.47. The van der Waals surface area contributed by atoms with Crippen molar-refractivity contribution >= 4 is 5.97 Å². The van der Waals surface area contributed by atoms with E-state index < -0.39 is 17.4 Å². The summed E-state index contributed by atoms with van der Waals surface area (Å²) >= 11 is 0. The van der Waals surface area contributed by atoms with Gasteiger partial charge in [-0.15, -0.1) is 0 Å². The highest BCUT2D eigenvalue weighted by atomic mass is 19.1. The Morgan fingerprint density at radius 3 is 2.50 bits per heavy atom. The van der Waals surface area contributed by atoms with E-state index in [0.29, 0.717) is 12.2 Å². The van der Waals surface area contributed by atoms with E-state index in [4.69, 9.17) is 14.6 Å². The SMILES string of the molecule is CC1(C)CC(Oc2ccc(C(=O)O)c(F)c2)C(C)(C)O1. The first-order valence-electron chi connectivity index (χ1n) is 6.50. The van der Waals surface area contributed by atoms with E-state index in [9.17, 15) is 9.18 Å². The van der Waals surface area contributed by atoms with Crippen LogP contribution in [0.15, 0.2) is 18.2 Å². The normalized spacial score (nSPS) is 23.6. The molecule has 1 aliphatic rings. The first-order chi connectivity index (χ1) is 9.11. The number of carboxylic acid groups (broad SMARTS) is 1. The van der Waals surface area contributed by atoms with Crippen molar-refractivity contribution in [2.45, 2.75) is 51.4 Å². The second-order valence-electron chi connectivity index (χ2n) is 6.22. The van der Waals surface area contributed by atoms with Crippen LogP contribution >= 0.6 is 0 Å². The topological polar surface area (TPSA) is 55.8 Å². The number of aromatic carboxylic acids is 1. The van der Waals surface area contributed by atoms with E-state index in [-0.39, 0.29) is 17.3 Å². The molecule has 0 saturated carbocycles. The zero-order chi connectivity index (χ0) is 15.1. The molecular weight excluding hydrogens is 263 g/mol. The van der Waals surface area contributed by atoms with Gasteiger partial charge in [-0.1, -0.05) is 0 Å². The zero-order valence-corrected chi connectivity index (χ0v) is 12.1. The third-order valence-electron chi connectivity index (χ3n) is 3.44. The van der Waals surface area contributed by atoms with Crippen LogP contribution in [-0.2, 0) is 4.74 Å². The van der Waals surface area contributed by atoms with E-state index in [0.717, 1.165) is 6.07 Å². The number of halogens is 1. The first kappa shape index (κ1) is 14.8. The highest BCUT2D eigenvalue weighted by molar-refractivity contribution is 5.88. The van der Waals surface area contributed by atoms with Crippen molar-refractivity contribution in [1.29, 1.82) is 0 Å². The molecule has 0 spiro atoms. The number of rotatable bonds is 3. The Bertz CT molecular complexity index is 537. The fourth-order valence-corrected chi connectivity index (χ4v) is 2.60. The standard InChI is InChI=1S/C15H19FO4/c1-14(2)8-12(15(3,4)20-14)19-9-5-6-10(13(17)18)11(16)7-9/h5-7,12H,8H2,1-4H3,(H,17,18). The molecule has 1 saturated heterocycles. The lowest BCUT2D eigenvalue weighted by atomic mass is 9.97. The smallest absolute Gasteiger partial charge is 0.338 e. The summed E-state index contributed by atoms with van der Waals surface area (Å²) in [5.74, 6) is -1.78. The molecule has 0 bridgehead atoms. The quantitative estimate of drug-likeness (QED) is 0.924. The summed E-state index contributed by atoms with van der Waals surface area (Å²) < 4.78 is 25.3. The molecule has 1 fully saturated rings. The lowest BCUT2D eigenvalue weighted by Crippen LogP contribution is -2.36. The number of ether oxygens (including phenoxy) is 2. The van der Waals surface area contributed by atoms with Gasteiger partial charge in [-0.2, -0.15) is 0 Å². The van der Waals surface area contributed by atoms with Crippen LogP contribution < -0.4 is 4.74 Å². The molecule has 1 unspecified atom stereocenters. The summed E-state index contributed by atoms with van der Waals surface area (Å²) in [7, 11) is 0. The van der Waals surface area contributed by atoms with Gasteiger partial charge in [-0.3, -0.25) is 0 Å². The Labute approximate surface area is 117 Å². The molecule has 0 radical (unpaired) electrons. The Balaban J connectivity index is 2.19. The molecule has 4 nitrogen and oxygen atoms in total. The summed E-state index contributed by atoms with van der Waals surface area (Å²) in [6.07, 6.45) is 0.468. The molecule has 0 aromatic heterocycles. The van der Waals surface area contributed by atoms with Gasteiger partial charge in [0.25, 0.3) is 0 Å². The van der Waals surface area contributed by atoms with Gasteiger partial charge in [0, 0.05) is 12.5 Å². The van der Waals surface area contributed by atoms with Crippen LogP contribution in [0, 0.1) is 5.82 Å². The number of hydrogen-bond donors (Lipinski definition) is 1. The van der Waals surface area contributed by atoms with Crippen molar-refractivity contribution in [3.8, 4) is 5.75 Å². The number of hydrogen-bond acceptors (Lipinski definition) is 3. The Kier molecular flexibility index (Phi) is 3.50. The minimum Gasteiger partial charge on any atom is -0.487 e. The summed E-state index contributed by atoms with van der Waals surface area (Å²) in [6.45, 7) is 7.81. The molecule has 1 aromatic carbocycles. The highest BCUT2D eigenvalue weighted by Crippen LogP contribution is 2.39. The number of carboxylic acids is 1. The molecule has 110 valence electrons. The lowest BCUT2D eigenvalue weighted by Gasteiger charge is -2.27. The van der Waals surface area contributed by atoms with E-state index in [1.807, 2.05) is 27.7 Å². The zero-order valence-electron chi connectivity index (χ0n) is 12.1. The predicted octanol–water partition coefficient (Wildman–Crippen LogP) is 3.25. The maximum absolute atomic E-state index is 13.6. The van der Waals surface area contributed by atoms with Crippen LogP contribution in [0.1, 0.15) is 44.5 Å². The summed E-state index contributed by atoms with van der Waals surface area (Å²) in [5, 5.41) is 8.79. The van der Waals surface area contributed by atoms with Crippen molar-refractivity contribution < 1.29 is 23.8 Å². The third-order valence-corrected chi connectivity index (χ3v) is 3.44. The minimum absolute atomic E-state index is 0.215. The monoisotopic (exact) mass is 282 g/mol. The maximum atomic E-state index is 13.6. The van der Waals surface area contributed by atoms with Crippen LogP contribution in [0.4, 0.5) is 4.39 Å². The van der Waals surface area contributed by atoms with Crippen molar-refractivity contribution in [2.75, 3.05) is 0 Å². The molecule has 5 heteroatoms. The number of benzene rings is 1. The van der Waals surface area contributed by atoms with Gasteiger partial charge in [0.1, 0.15) is 23.3 Å². The van der Waals surface area contributed by atoms with Gasteiger partial charge in [-0.25, -0.2) is 9.18 Å². The summed E-state index contributed by atoms with van der Waals surface area (Å²) in [5.41, 5.74) is -1.14. The average Bonchev–Trinajstić information content (AvgIpc) is 2.45. The van der Waals surface area contributed by atoms with Crippen molar-refractivity contribution in [3.63, 3.8) is 0 Å². The molecule has 1 N–H and O–H groups in total. The molecule has 0 amide bonds. The Morgan fingerprint density at radius 1 is 1.40 bits per heavy atom. The van der Waals surface area contributed by atoms with E-state index in [1.165, 1.54) is 12.1 Å². The molecule has 20 heavy (non-hydrogen) atoms. The summed E-state index contributed by atoms with van der Waals surface area (Å²) in [4.78, 5) is 10.8. The molecule has 1 heterocycles. The second kappa shape index (κ2) is 4.74. The lowest BCUT2D eigenvalue weighted by molar-refractivity contribution is -0.0846. The number of carbonyl (C=O) groups is 1. The Morgan fingerprint density at radius 2 is 2.05 bits per heavy atom. The third kappa shape index (κ3) is 2.93. The molecule has 1 aliphatic heterocycles. The minimum atomic E-state index is -1.29. The van der Waals surface area contributed by atoms with Gasteiger partial charge in [0.05, 0.1) is 11.2 Å². The predicted molar refractivity (Wildman–Crippen MR) is 71.6 cm³/mol. The second-order valence-corrected chi connectivity index (χ2v) is 6.22. The molecule has 0 aliphatic carbocycles. The fourth-order valence-electron chi connectivity index (χ4n) is 2.60. The van der Waals surface area contributed by atoms with Gasteiger partial charge >= 0.3 is 5.97 Å². The van der Waals surface area contributed by atoms with E-state index in [2.05, 4.69) is 0 Å². The van der Waals surface area contributed by atoms with Gasteiger partial charge in [0.2, 0.25) is 0 Å². The van der Waals surface area contributed by atoms with Crippen LogP contribution in [0.25, 0.3) is 0 Å². The first-order valence-corrected chi connectivity index (χ1v) is 6.50. The van der Waals surface area contributed by atoms with Crippen LogP contribution in [0.2, 0.25) is 0 Å². The maximum Gasteiger partial charge on any atom is 0.338 e. The molecular formula is C15H19FO4. The van der Waals surface area contributed by atoms with Gasteiger partial charge in [0.15, 0.2) is 0 Å². The summed E-state index contributed by atoms with van der Waals surface area (Å²) in [6, 6.07) is 3.78. The van der Waals surface area contributed by atoms with Crippen LogP contribution in [0.3, 0.4) is 0 Å². The fraction of sp³-hybridized carbons (Fsp3) is 0.533. The van der Waals surface area contributed by atoms with Crippen molar-refractivity contribution in [2.24, 2.45) is 0 Å². The largest absolute Gasteiger partial charge is 0.487 e.